The highest BCUT2D eigenvalue weighted by Gasteiger charge is 2.42. The molecule has 3 heterocycles. The van der Waals surface area contributed by atoms with E-state index in [-0.39, 0.29) is 24.9 Å². The van der Waals surface area contributed by atoms with Crippen LogP contribution in [0.1, 0.15) is 39.7 Å². The molecular weight excluding hydrogens is 622 g/mol. The molecule has 0 radical (unpaired) electrons. The molecule has 248 valence electrons. The van der Waals surface area contributed by atoms with Gasteiger partial charge in [-0.1, -0.05) is 72.8 Å². The molecule has 3 atom stereocenters. The standard InChI is InChI=1S/C38H35N5O6/c1-46-29-17-13-27(14-18-29)38(26-11-7-4-8-12-26,28-15-19-30(47-2)20-16-28)48-23-33-32(44)21-34(49-33)43-24-40-31-22-39-37(41-35(31)43)42-36(45)25-9-5-3-6-10-25/h3-20,22,24,32-34,44H,21,23H2,1-2H3,(H,39,41,42,45)/t32-,33-,34-/m1/s1. The van der Waals surface area contributed by atoms with Crippen LogP contribution in [0.25, 0.3) is 11.2 Å². The molecule has 1 aliphatic rings. The summed E-state index contributed by atoms with van der Waals surface area (Å²) in [6.07, 6.45) is 1.31. The van der Waals surface area contributed by atoms with E-state index in [0.717, 1.165) is 28.2 Å². The van der Waals surface area contributed by atoms with Gasteiger partial charge in [0.1, 0.15) is 34.9 Å². The molecule has 2 N–H and O–H groups in total. The molecule has 11 heteroatoms. The lowest BCUT2D eigenvalue weighted by Crippen LogP contribution is -2.38. The van der Waals surface area contributed by atoms with Crippen LogP contribution < -0.4 is 14.8 Å². The van der Waals surface area contributed by atoms with E-state index < -0.39 is 24.0 Å². The molecule has 0 bridgehead atoms. The molecule has 1 saturated heterocycles. The van der Waals surface area contributed by atoms with E-state index >= 15 is 0 Å². The van der Waals surface area contributed by atoms with Gasteiger partial charge in [-0.05, 0) is 53.1 Å². The van der Waals surface area contributed by atoms with Gasteiger partial charge in [-0.15, -0.1) is 0 Å². The third-order valence-corrected chi connectivity index (χ3v) is 8.73. The fourth-order valence-electron chi connectivity index (χ4n) is 6.18. The first-order valence-electron chi connectivity index (χ1n) is 15.9. The van der Waals surface area contributed by atoms with Crippen molar-refractivity contribution in [1.29, 1.82) is 0 Å². The van der Waals surface area contributed by atoms with E-state index in [1.54, 1.807) is 55.6 Å². The summed E-state index contributed by atoms with van der Waals surface area (Å²) in [6, 6.07) is 34.3. The highest BCUT2D eigenvalue weighted by molar-refractivity contribution is 6.03. The normalized spacial score (nSPS) is 17.6. The number of nitrogens with zero attached hydrogens (tertiary/aromatic N) is 4. The predicted octanol–water partition coefficient (Wildman–Crippen LogP) is 5.75. The van der Waals surface area contributed by atoms with Gasteiger partial charge < -0.3 is 24.1 Å². The van der Waals surface area contributed by atoms with Crippen LogP contribution in [0.3, 0.4) is 0 Å². The van der Waals surface area contributed by atoms with Crippen molar-refractivity contribution in [3.8, 4) is 11.5 Å². The van der Waals surface area contributed by atoms with Gasteiger partial charge in [0, 0.05) is 12.0 Å². The summed E-state index contributed by atoms with van der Waals surface area (Å²) in [7, 11) is 3.26. The zero-order valence-corrected chi connectivity index (χ0v) is 27.0. The van der Waals surface area contributed by atoms with Crippen LogP contribution in [0.15, 0.2) is 122 Å². The van der Waals surface area contributed by atoms with E-state index in [1.807, 2.05) is 84.9 Å². The van der Waals surface area contributed by atoms with Gasteiger partial charge in [-0.2, -0.15) is 4.98 Å². The number of aliphatic hydroxyl groups is 1. The maximum atomic E-state index is 12.7. The summed E-state index contributed by atoms with van der Waals surface area (Å²) in [5.74, 6) is 1.24. The average Bonchev–Trinajstić information content (AvgIpc) is 3.75. The molecular formula is C38H35N5O6. The minimum absolute atomic E-state index is 0.0601. The third kappa shape index (κ3) is 6.34. The number of nitrogens with one attached hydrogen (secondary N) is 1. The Morgan fingerprint density at radius 1 is 0.857 bits per heavy atom. The number of carbonyl (C=O) groups excluding carboxylic acids is 1. The molecule has 6 aromatic rings. The van der Waals surface area contributed by atoms with Crippen molar-refractivity contribution in [3.05, 3.63) is 144 Å². The lowest BCUT2D eigenvalue weighted by Gasteiger charge is -2.37. The summed E-state index contributed by atoms with van der Waals surface area (Å²) in [6.45, 7) is 0.0601. The smallest absolute Gasteiger partial charge is 0.258 e. The number of fused-ring (bicyclic) bond motifs is 1. The summed E-state index contributed by atoms with van der Waals surface area (Å²) in [5, 5.41) is 14.1. The van der Waals surface area contributed by atoms with Gasteiger partial charge in [-0.25, -0.2) is 9.97 Å². The Kier molecular flexibility index (Phi) is 9.03. The first-order valence-corrected chi connectivity index (χ1v) is 15.9. The number of imidazole rings is 1. The number of amides is 1. The van der Waals surface area contributed by atoms with E-state index in [4.69, 9.17) is 18.9 Å². The summed E-state index contributed by atoms with van der Waals surface area (Å²) >= 11 is 0. The number of rotatable bonds is 11. The number of hydrogen-bond donors (Lipinski definition) is 2. The second-order valence-electron chi connectivity index (χ2n) is 11.6. The van der Waals surface area contributed by atoms with Gasteiger partial charge in [-0.3, -0.25) is 14.7 Å². The molecule has 49 heavy (non-hydrogen) atoms. The lowest BCUT2D eigenvalue weighted by atomic mass is 9.80. The Morgan fingerprint density at radius 2 is 1.45 bits per heavy atom. The van der Waals surface area contributed by atoms with Crippen LogP contribution in [0.2, 0.25) is 0 Å². The maximum Gasteiger partial charge on any atom is 0.258 e. The molecule has 0 aliphatic carbocycles. The minimum atomic E-state index is -1.07. The van der Waals surface area contributed by atoms with Crippen molar-refractivity contribution in [1.82, 2.24) is 19.5 Å². The average molecular weight is 658 g/mol. The van der Waals surface area contributed by atoms with Crippen LogP contribution in [0.4, 0.5) is 5.95 Å². The van der Waals surface area contributed by atoms with Crippen molar-refractivity contribution in [2.75, 3.05) is 26.1 Å². The highest BCUT2D eigenvalue weighted by Crippen LogP contribution is 2.43. The van der Waals surface area contributed by atoms with Crippen LogP contribution in [-0.4, -0.2) is 63.6 Å². The van der Waals surface area contributed by atoms with Crippen molar-refractivity contribution >= 4 is 23.0 Å². The number of benzene rings is 4. The van der Waals surface area contributed by atoms with Crippen molar-refractivity contribution in [3.63, 3.8) is 0 Å². The van der Waals surface area contributed by atoms with E-state index in [2.05, 4.69) is 20.3 Å². The molecule has 0 spiro atoms. The Balaban J connectivity index is 1.18. The van der Waals surface area contributed by atoms with Crippen molar-refractivity contribution in [2.45, 2.75) is 30.5 Å². The SMILES string of the molecule is COc1ccc(C(OC[C@H]2O[C@@H](n3cnc4cnc(NC(=O)c5ccccc5)nc43)C[C@H]2O)(c2ccccc2)c2ccc(OC)cc2)cc1. The Bertz CT molecular complexity index is 1970. The van der Waals surface area contributed by atoms with Gasteiger partial charge in [0.2, 0.25) is 5.95 Å². The monoisotopic (exact) mass is 657 g/mol. The molecule has 11 nitrogen and oxygen atoms in total. The molecule has 1 amide bonds. The number of methoxy groups -OCH3 is 2. The largest absolute Gasteiger partial charge is 0.497 e. The number of aliphatic hydroxyl groups excluding tert-OH is 1. The predicted molar refractivity (Wildman–Crippen MR) is 183 cm³/mol. The Morgan fingerprint density at radius 3 is 2.06 bits per heavy atom. The third-order valence-electron chi connectivity index (χ3n) is 8.73. The molecule has 4 aromatic carbocycles. The molecule has 1 aliphatic heterocycles. The van der Waals surface area contributed by atoms with Crippen LogP contribution >= 0.6 is 0 Å². The van der Waals surface area contributed by atoms with Crippen LogP contribution in [0, 0.1) is 0 Å². The molecule has 0 saturated carbocycles. The zero-order valence-electron chi connectivity index (χ0n) is 27.0. The summed E-state index contributed by atoms with van der Waals surface area (Å²) in [5.41, 5.74) is 3.05. The Labute approximate surface area is 283 Å². The second-order valence-corrected chi connectivity index (χ2v) is 11.6. The van der Waals surface area contributed by atoms with Crippen molar-refractivity contribution < 1.29 is 28.8 Å². The summed E-state index contributed by atoms with van der Waals surface area (Å²) < 4.78 is 26.1. The maximum absolute atomic E-state index is 12.7. The van der Waals surface area contributed by atoms with E-state index in [1.165, 1.54) is 0 Å². The zero-order chi connectivity index (χ0) is 33.8. The van der Waals surface area contributed by atoms with Crippen LogP contribution in [0.5, 0.6) is 11.5 Å². The number of carbonyl (C=O) groups is 1. The molecule has 2 aromatic heterocycles. The fraction of sp³-hybridized carbons (Fsp3) is 0.211. The van der Waals surface area contributed by atoms with Gasteiger partial charge in [0.25, 0.3) is 5.91 Å². The second kappa shape index (κ2) is 13.9. The Hall–Kier alpha value is -5.62. The first kappa shape index (κ1) is 32.0. The number of anilines is 1. The number of hydrogen-bond acceptors (Lipinski definition) is 9. The molecule has 0 unspecified atom stereocenters. The molecule has 7 rings (SSSR count). The quantitative estimate of drug-likeness (QED) is 0.167. The lowest BCUT2D eigenvalue weighted by molar-refractivity contribution is -0.0931. The fourth-order valence-corrected chi connectivity index (χ4v) is 6.18. The van der Waals surface area contributed by atoms with Gasteiger partial charge in [0.05, 0.1) is 39.5 Å². The van der Waals surface area contributed by atoms with Gasteiger partial charge >= 0.3 is 0 Å². The topological polar surface area (TPSA) is 130 Å². The number of aromatic nitrogens is 4. The van der Waals surface area contributed by atoms with Crippen LogP contribution in [-0.2, 0) is 15.1 Å². The minimum Gasteiger partial charge on any atom is -0.497 e. The van der Waals surface area contributed by atoms with E-state index in [9.17, 15) is 9.90 Å². The van der Waals surface area contributed by atoms with Crippen molar-refractivity contribution in [2.24, 2.45) is 0 Å². The first-order chi connectivity index (χ1) is 24.0. The highest BCUT2D eigenvalue weighted by atomic mass is 16.6. The van der Waals surface area contributed by atoms with Gasteiger partial charge in [0.15, 0.2) is 5.65 Å². The molecule has 1 fully saturated rings. The summed E-state index contributed by atoms with van der Waals surface area (Å²) in [4.78, 5) is 26.0. The van der Waals surface area contributed by atoms with E-state index in [0.29, 0.717) is 16.7 Å². The number of ether oxygens (including phenoxy) is 4.